The minimum atomic E-state index is -0.563. The number of rotatable bonds is 5. The number of carbonyl (C=O) groups excluding carboxylic acids is 1. The molecule has 6 heteroatoms. The number of hydrogen-bond donors (Lipinski definition) is 4. The fraction of sp³-hybridized carbons (Fsp3) is 0.143. The highest BCUT2D eigenvalue weighted by molar-refractivity contribution is 7.80. The van der Waals surface area contributed by atoms with E-state index < -0.39 is 6.04 Å². The molecule has 0 fully saturated rings. The lowest BCUT2D eigenvalue weighted by Crippen LogP contribution is -2.45. The Balaban J connectivity index is 2.01. The van der Waals surface area contributed by atoms with Crippen molar-refractivity contribution < 1.29 is 9.90 Å². The van der Waals surface area contributed by atoms with E-state index in [1.165, 1.54) is 0 Å². The van der Waals surface area contributed by atoms with Gasteiger partial charge in [-0.3, -0.25) is 4.79 Å². The maximum Gasteiger partial charge on any atom is 0.255 e. The molecule has 1 heterocycles. The van der Waals surface area contributed by atoms with E-state index in [1.807, 2.05) is 42.5 Å². The molecule has 0 aromatic heterocycles. The van der Waals surface area contributed by atoms with E-state index in [0.29, 0.717) is 34.1 Å². The van der Waals surface area contributed by atoms with Crippen LogP contribution in [0.25, 0.3) is 0 Å². The van der Waals surface area contributed by atoms with Crippen LogP contribution in [0.4, 0.5) is 5.69 Å². The topological polar surface area (TPSA) is 73.4 Å². The first-order chi connectivity index (χ1) is 13.0. The fourth-order valence-corrected chi connectivity index (χ4v) is 3.38. The molecule has 27 heavy (non-hydrogen) atoms. The number of anilines is 1. The van der Waals surface area contributed by atoms with Crippen LogP contribution in [0, 0.1) is 0 Å². The summed E-state index contributed by atoms with van der Waals surface area (Å²) >= 11 is 5.27. The molecule has 0 unspecified atom stereocenters. The van der Waals surface area contributed by atoms with Gasteiger partial charge in [-0.25, -0.2) is 0 Å². The molecule has 1 aliphatic rings. The van der Waals surface area contributed by atoms with E-state index in [9.17, 15) is 9.90 Å². The second-order valence-electron chi connectivity index (χ2n) is 6.24. The summed E-state index contributed by atoms with van der Waals surface area (Å²) in [5, 5.41) is 20.1. The summed E-state index contributed by atoms with van der Waals surface area (Å²) in [5.74, 6) is -0.128. The standard InChI is InChI=1S/C21H21N3O2S/c1-3-8-14-9-7-12-16(19(14)25)18-17(13(2)22-21(27)24-18)20(26)23-15-10-5-4-6-11-15/h3-7,9-12,18,25H,1,8H2,2H3,(H,23,26)(H2,22,24,27)/t18-/m1/s1. The van der Waals surface area contributed by atoms with Crippen molar-refractivity contribution in [2.45, 2.75) is 19.4 Å². The maximum atomic E-state index is 13.0. The molecule has 0 aliphatic carbocycles. The molecule has 3 rings (SSSR count). The predicted molar refractivity (Wildman–Crippen MR) is 111 cm³/mol. The van der Waals surface area contributed by atoms with Gasteiger partial charge < -0.3 is 21.1 Å². The molecule has 0 bridgehead atoms. The van der Waals surface area contributed by atoms with E-state index in [-0.39, 0.29) is 11.7 Å². The average molecular weight is 379 g/mol. The van der Waals surface area contributed by atoms with Crippen molar-refractivity contribution in [3.63, 3.8) is 0 Å². The number of hydrogen-bond acceptors (Lipinski definition) is 3. The van der Waals surface area contributed by atoms with Gasteiger partial charge in [0.05, 0.1) is 11.6 Å². The molecule has 0 radical (unpaired) electrons. The summed E-state index contributed by atoms with van der Waals surface area (Å²) in [5.41, 5.74) is 3.15. The van der Waals surface area contributed by atoms with Gasteiger partial charge >= 0.3 is 0 Å². The number of aromatic hydroxyl groups is 1. The Bertz CT molecular complexity index is 922. The number of carbonyl (C=O) groups is 1. The maximum absolute atomic E-state index is 13.0. The minimum absolute atomic E-state index is 0.136. The molecule has 0 saturated heterocycles. The van der Waals surface area contributed by atoms with Crippen molar-refractivity contribution in [1.29, 1.82) is 0 Å². The highest BCUT2D eigenvalue weighted by atomic mass is 32.1. The Labute approximate surface area is 163 Å². The van der Waals surface area contributed by atoms with Crippen molar-refractivity contribution in [3.05, 3.63) is 83.6 Å². The Hall–Kier alpha value is -3.12. The van der Waals surface area contributed by atoms with Crippen LogP contribution in [0.2, 0.25) is 0 Å². The molecule has 2 aromatic rings. The van der Waals surface area contributed by atoms with Crippen LogP contribution in [0.3, 0.4) is 0 Å². The smallest absolute Gasteiger partial charge is 0.255 e. The minimum Gasteiger partial charge on any atom is -0.507 e. The van der Waals surface area contributed by atoms with Crippen LogP contribution in [0.1, 0.15) is 24.1 Å². The number of amides is 1. The van der Waals surface area contributed by atoms with Gasteiger partial charge in [0.15, 0.2) is 5.11 Å². The van der Waals surface area contributed by atoms with Crippen LogP contribution < -0.4 is 16.0 Å². The van der Waals surface area contributed by atoms with E-state index in [2.05, 4.69) is 22.5 Å². The third kappa shape index (κ3) is 4.01. The Morgan fingerprint density at radius 3 is 2.70 bits per heavy atom. The van der Waals surface area contributed by atoms with Crippen molar-refractivity contribution in [2.75, 3.05) is 5.32 Å². The Morgan fingerprint density at radius 2 is 2.00 bits per heavy atom. The van der Waals surface area contributed by atoms with Crippen LogP contribution in [-0.2, 0) is 11.2 Å². The monoisotopic (exact) mass is 379 g/mol. The molecular formula is C21H21N3O2S. The fourth-order valence-electron chi connectivity index (χ4n) is 3.11. The summed E-state index contributed by atoms with van der Waals surface area (Å²) in [7, 11) is 0. The zero-order chi connectivity index (χ0) is 19.4. The van der Waals surface area contributed by atoms with E-state index in [1.54, 1.807) is 19.1 Å². The first kappa shape index (κ1) is 18.7. The molecule has 1 atom stereocenters. The van der Waals surface area contributed by atoms with Crippen LogP contribution in [0.5, 0.6) is 5.75 Å². The molecule has 138 valence electrons. The zero-order valence-corrected chi connectivity index (χ0v) is 15.8. The summed E-state index contributed by atoms with van der Waals surface area (Å²) in [6.07, 6.45) is 2.26. The molecule has 4 N–H and O–H groups in total. The molecule has 2 aromatic carbocycles. The summed E-state index contributed by atoms with van der Waals surface area (Å²) in [4.78, 5) is 13.0. The average Bonchev–Trinajstić information content (AvgIpc) is 2.63. The lowest BCUT2D eigenvalue weighted by atomic mass is 9.92. The van der Waals surface area contributed by atoms with Crippen LogP contribution >= 0.6 is 12.2 Å². The lowest BCUT2D eigenvalue weighted by Gasteiger charge is -2.31. The van der Waals surface area contributed by atoms with E-state index in [4.69, 9.17) is 12.2 Å². The van der Waals surface area contributed by atoms with Crippen molar-refractivity contribution >= 4 is 28.9 Å². The third-order valence-corrected chi connectivity index (χ3v) is 4.59. The Kier molecular flexibility index (Phi) is 5.57. The zero-order valence-electron chi connectivity index (χ0n) is 15.0. The second-order valence-corrected chi connectivity index (χ2v) is 6.65. The summed E-state index contributed by atoms with van der Waals surface area (Å²) < 4.78 is 0. The number of thiocarbonyl (C=S) groups is 1. The quantitative estimate of drug-likeness (QED) is 0.472. The number of para-hydroxylation sites is 2. The van der Waals surface area contributed by atoms with E-state index >= 15 is 0 Å². The van der Waals surface area contributed by atoms with Crippen LogP contribution in [0.15, 0.2) is 72.5 Å². The van der Waals surface area contributed by atoms with Gasteiger partial charge in [-0.05, 0) is 43.3 Å². The number of benzene rings is 2. The number of phenolic OH excluding ortho intramolecular Hbond substituents is 1. The number of allylic oxidation sites excluding steroid dienone is 2. The molecule has 0 saturated carbocycles. The van der Waals surface area contributed by atoms with Crippen molar-refractivity contribution in [3.8, 4) is 5.75 Å². The van der Waals surface area contributed by atoms with Gasteiger partial charge in [-0.1, -0.05) is 42.5 Å². The second kappa shape index (κ2) is 8.05. The lowest BCUT2D eigenvalue weighted by molar-refractivity contribution is -0.113. The molecule has 1 amide bonds. The largest absolute Gasteiger partial charge is 0.507 e. The van der Waals surface area contributed by atoms with Crippen molar-refractivity contribution in [1.82, 2.24) is 10.6 Å². The highest BCUT2D eigenvalue weighted by Gasteiger charge is 2.32. The van der Waals surface area contributed by atoms with Gasteiger partial charge in [0.25, 0.3) is 5.91 Å². The number of phenols is 1. The van der Waals surface area contributed by atoms with Gasteiger partial charge in [0.1, 0.15) is 5.75 Å². The van der Waals surface area contributed by atoms with E-state index in [0.717, 1.165) is 5.56 Å². The molecule has 0 spiro atoms. The molecular weight excluding hydrogens is 358 g/mol. The van der Waals surface area contributed by atoms with Crippen molar-refractivity contribution in [2.24, 2.45) is 0 Å². The van der Waals surface area contributed by atoms with Crippen LogP contribution in [-0.4, -0.2) is 16.1 Å². The van der Waals surface area contributed by atoms with Gasteiger partial charge in [0.2, 0.25) is 0 Å². The molecule has 1 aliphatic heterocycles. The first-order valence-corrected chi connectivity index (χ1v) is 8.98. The van der Waals surface area contributed by atoms with Gasteiger partial charge in [0, 0.05) is 16.9 Å². The predicted octanol–water partition coefficient (Wildman–Crippen LogP) is 3.55. The SMILES string of the molecule is C=CCc1cccc([C@H]2NC(=S)NC(C)=C2C(=O)Nc2ccccc2)c1O. The third-order valence-electron chi connectivity index (χ3n) is 4.37. The normalized spacial score (nSPS) is 16.3. The number of nitrogens with one attached hydrogen (secondary N) is 3. The highest BCUT2D eigenvalue weighted by Crippen LogP contribution is 2.35. The molecule has 5 nitrogen and oxygen atoms in total. The van der Waals surface area contributed by atoms with Gasteiger partial charge in [-0.15, -0.1) is 6.58 Å². The first-order valence-electron chi connectivity index (χ1n) is 8.57. The summed E-state index contributed by atoms with van der Waals surface area (Å²) in [6, 6.07) is 14.1. The van der Waals surface area contributed by atoms with Gasteiger partial charge in [-0.2, -0.15) is 0 Å². The summed E-state index contributed by atoms with van der Waals surface area (Å²) in [6.45, 7) is 5.52. The Morgan fingerprint density at radius 1 is 1.26 bits per heavy atom.